The molecule has 0 aliphatic rings. The number of hydrogen-bond acceptors (Lipinski definition) is 5. The maximum atomic E-state index is 11.7. The van der Waals surface area contributed by atoms with Crippen LogP contribution in [0.15, 0.2) is 41.8 Å². The summed E-state index contributed by atoms with van der Waals surface area (Å²) in [7, 11) is 0. The average Bonchev–Trinajstić information content (AvgIpc) is 3.16. The van der Waals surface area contributed by atoms with E-state index in [0.29, 0.717) is 18.0 Å². The van der Waals surface area contributed by atoms with Gasteiger partial charge in [-0.15, -0.1) is 11.3 Å². The highest BCUT2D eigenvalue weighted by Gasteiger charge is 2.09. The van der Waals surface area contributed by atoms with Crippen molar-refractivity contribution in [3.8, 4) is 5.75 Å². The van der Waals surface area contributed by atoms with Gasteiger partial charge in [-0.25, -0.2) is 0 Å². The molecule has 3 N–H and O–H groups in total. The molecule has 0 aliphatic heterocycles. The highest BCUT2D eigenvalue weighted by atomic mass is 32.1. The lowest BCUT2D eigenvalue weighted by Crippen LogP contribution is -2.42. The highest BCUT2D eigenvalue weighted by molar-refractivity contribution is 7.12. The first-order valence-electron chi connectivity index (χ1n) is 8.09. The molecule has 0 atom stereocenters. The third kappa shape index (κ3) is 6.94. The average molecular weight is 375 g/mol. The molecule has 1 aromatic heterocycles. The highest BCUT2D eigenvalue weighted by Crippen LogP contribution is 2.11. The van der Waals surface area contributed by atoms with Crippen molar-refractivity contribution in [1.29, 1.82) is 0 Å². The number of carbonyl (C=O) groups excluding carboxylic acids is 3. The Morgan fingerprint density at radius 3 is 2.50 bits per heavy atom. The van der Waals surface area contributed by atoms with Crippen LogP contribution < -0.4 is 20.7 Å². The fourth-order valence-electron chi connectivity index (χ4n) is 2.02. The second-order valence-electron chi connectivity index (χ2n) is 5.45. The molecule has 26 heavy (non-hydrogen) atoms. The third-order valence-electron chi connectivity index (χ3n) is 3.28. The third-order valence-corrected chi connectivity index (χ3v) is 4.15. The van der Waals surface area contributed by atoms with Crippen LogP contribution in [0.4, 0.5) is 0 Å². The van der Waals surface area contributed by atoms with E-state index in [9.17, 15) is 14.4 Å². The van der Waals surface area contributed by atoms with Gasteiger partial charge in [0.1, 0.15) is 12.4 Å². The lowest BCUT2D eigenvalue weighted by molar-refractivity contribution is -0.125. The lowest BCUT2D eigenvalue weighted by atomic mass is 10.2. The first-order chi connectivity index (χ1) is 12.5. The van der Waals surface area contributed by atoms with Gasteiger partial charge in [0.15, 0.2) is 0 Å². The van der Waals surface area contributed by atoms with E-state index in [0.717, 1.165) is 11.3 Å². The number of carbonyl (C=O) groups is 3. The summed E-state index contributed by atoms with van der Waals surface area (Å²) in [5, 5.41) is 9.36. The molecule has 3 amide bonds. The molecule has 0 spiro atoms. The smallest absolute Gasteiger partial charge is 0.261 e. The van der Waals surface area contributed by atoms with Gasteiger partial charge in [0.2, 0.25) is 11.8 Å². The summed E-state index contributed by atoms with van der Waals surface area (Å²) in [4.78, 5) is 35.5. The number of benzene rings is 1. The van der Waals surface area contributed by atoms with E-state index < -0.39 is 5.91 Å². The van der Waals surface area contributed by atoms with Crippen molar-refractivity contribution in [2.45, 2.75) is 6.92 Å². The van der Waals surface area contributed by atoms with E-state index in [4.69, 9.17) is 4.74 Å². The number of thiophene rings is 1. The van der Waals surface area contributed by atoms with Gasteiger partial charge in [-0.05, 0) is 36.1 Å². The summed E-state index contributed by atoms with van der Waals surface area (Å²) >= 11 is 1.29. The quantitative estimate of drug-likeness (QED) is 0.572. The largest absolute Gasteiger partial charge is 0.492 e. The maximum absolute atomic E-state index is 11.7. The summed E-state index contributed by atoms with van der Waals surface area (Å²) in [5.74, 6) is -0.321. The Morgan fingerprint density at radius 1 is 1.00 bits per heavy atom. The van der Waals surface area contributed by atoms with Gasteiger partial charge in [-0.1, -0.05) is 18.2 Å². The molecule has 1 heterocycles. The predicted molar refractivity (Wildman–Crippen MR) is 99.3 cm³/mol. The topological polar surface area (TPSA) is 96.5 Å². The van der Waals surface area contributed by atoms with Crippen LogP contribution in [0, 0.1) is 6.92 Å². The molecule has 0 saturated heterocycles. The Balaban J connectivity index is 1.55. The SMILES string of the molecule is Cc1cccc(OCCNC(=O)CNC(=O)CNC(=O)c2cccs2)c1. The summed E-state index contributed by atoms with van der Waals surface area (Å²) < 4.78 is 5.51. The number of nitrogens with one attached hydrogen (secondary N) is 3. The summed E-state index contributed by atoms with van der Waals surface area (Å²) in [6.45, 7) is 2.30. The van der Waals surface area contributed by atoms with E-state index in [1.54, 1.807) is 17.5 Å². The van der Waals surface area contributed by atoms with E-state index in [1.807, 2.05) is 31.2 Å². The van der Waals surface area contributed by atoms with Crippen molar-refractivity contribution in [2.24, 2.45) is 0 Å². The molecule has 7 nitrogen and oxygen atoms in total. The molecular formula is C18H21N3O4S. The molecule has 0 unspecified atom stereocenters. The number of hydrogen-bond donors (Lipinski definition) is 3. The molecule has 8 heteroatoms. The Kier molecular flexibility index (Phi) is 7.63. The second-order valence-corrected chi connectivity index (χ2v) is 6.40. The zero-order valence-corrected chi connectivity index (χ0v) is 15.2. The molecule has 0 aliphatic carbocycles. The zero-order chi connectivity index (χ0) is 18.8. The predicted octanol–water partition coefficient (Wildman–Crippen LogP) is 1.10. The van der Waals surface area contributed by atoms with Crippen molar-refractivity contribution in [3.63, 3.8) is 0 Å². The summed E-state index contributed by atoms with van der Waals surface area (Å²) in [6.07, 6.45) is 0. The van der Waals surface area contributed by atoms with Gasteiger partial charge in [-0.2, -0.15) is 0 Å². The van der Waals surface area contributed by atoms with Crippen LogP contribution in [0.2, 0.25) is 0 Å². The minimum absolute atomic E-state index is 0.155. The van der Waals surface area contributed by atoms with Crippen LogP contribution in [-0.4, -0.2) is 44.0 Å². The molecule has 0 radical (unpaired) electrons. The van der Waals surface area contributed by atoms with Crippen molar-refractivity contribution < 1.29 is 19.1 Å². The number of rotatable bonds is 9. The van der Waals surface area contributed by atoms with Gasteiger partial charge in [0, 0.05) is 0 Å². The van der Waals surface area contributed by atoms with Gasteiger partial charge in [0.05, 0.1) is 24.5 Å². The summed E-state index contributed by atoms with van der Waals surface area (Å²) in [6, 6.07) is 11.1. The van der Waals surface area contributed by atoms with Crippen molar-refractivity contribution >= 4 is 29.1 Å². The van der Waals surface area contributed by atoms with Crippen LogP contribution in [0.25, 0.3) is 0 Å². The lowest BCUT2D eigenvalue weighted by Gasteiger charge is -2.09. The van der Waals surface area contributed by atoms with Crippen LogP contribution in [0.5, 0.6) is 5.75 Å². The first-order valence-corrected chi connectivity index (χ1v) is 8.97. The van der Waals surface area contributed by atoms with Gasteiger partial charge in [-0.3, -0.25) is 14.4 Å². The normalized spacial score (nSPS) is 10.0. The second kappa shape index (κ2) is 10.2. The molecule has 0 bridgehead atoms. The van der Waals surface area contributed by atoms with Crippen LogP contribution >= 0.6 is 11.3 Å². The number of amides is 3. The standard InChI is InChI=1S/C18H21N3O4S/c1-13-4-2-5-14(10-13)25-8-7-19-16(22)11-20-17(23)12-21-18(24)15-6-3-9-26-15/h2-6,9-10H,7-8,11-12H2,1H3,(H,19,22)(H,20,23)(H,21,24). The van der Waals surface area contributed by atoms with E-state index >= 15 is 0 Å². The van der Waals surface area contributed by atoms with Crippen LogP contribution in [0.1, 0.15) is 15.2 Å². The Hall–Kier alpha value is -2.87. The van der Waals surface area contributed by atoms with E-state index in [-0.39, 0.29) is 24.9 Å². The summed E-state index contributed by atoms with van der Waals surface area (Å²) in [5.41, 5.74) is 1.10. The molecular weight excluding hydrogens is 354 g/mol. The van der Waals surface area contributed by atoms with Gasteiger partial charge < -0.3 is 20.7 Å². The molecule has 0 saturated carbocycles. The van der Waals surface area contributed by atoms with Crippen LogP contribution in [-0.2, 0) is 9.59 Å². The molecule has 0 fully saturated rings. The zero-order valence-electron chi connectivity index (χ0n) is 14.4. The van der Waals surface area contributed by atoms with Gasteiger partial charge in [0.25, 0.3) is 5.91 Å². The van der Waals surface area contributed by atoms with Gasteiger partial charge >= 0.3 is 0 Å². The monoisotopic (exact) mass is 375 g/mol. The van der Waals surface area contributed by atoms with Crippen molar-refractivity contribution in [3.05, 3.63) is 52.2 Å². The fourth-order valence-corrected chi connectivity index (χ4v) is 2.66. The maximum Gasteiger partial charge on any atom is 0.261 e. The Morgan fingerprint density at radius 2 is 1.77 bits per heavy atom. The molecule has 2 aromatic rings. The van der Waals surface area contributed by atoms with E-state index in [2.05, 4.69) is 16.0 Å². The number of aryl methyl sites for hydroxylation is 1. The Bertz CT molecular complexity index is 747. The minimum Gasteiger partial charge on any atom is -0.492 e. The van der Waals surface area contributed by atoms with Crippen LogP contribution in [0.3, 0.4) is 0 Å². The fraction of sp³-hybridized carbons (Fsp3) is 0.278. The van der Waals surface area contributed by atoms with Crippen molar-refractivity contribution in [1.82, 2.24) is 16.0 Å². The molecule has 2 rings (SSSR count). The van der Waals surface area contributed by atoms with E-state index in [1.165, 1.54) is 11.3 Å². The molecule has 1 aromatic carbocycles. The van der Waals surface area contributed by atoms with Crippen molar-refractivity contribution in [2.75, 3.05) is 26.2 Å². The number of ether oxygens (including phenoxy) is 1. The first kappa shape index (κ1) is 19.5. The minimum atomic E-state index is -0.430. The molecule has 138 valence electrons. The Labute approximate surface area is 155 Å².